The standard InChI is InChI=1S/C10H13N3S/c1-10(3-2-4-10)12-6-9-13-8(5-11)7-14-9/h7,12H,2-4,6H2,1H3. The maximum absolute atomic E-state index is 8.61. The maximum Gasteiger partial charge on any atom is 0.151 e. The molecule has 0 spiro atoms. The molecule has 1 heterocycles. The monoisotopic (exact) mass is 207 g/mol. The highest BCUT2D eigenvalue weighted by Gasteiger charge is 2.30. The van der Waals surface area contributed by atoms with E-state index in [1.807, 2.05) is 6.07 Å². The minimum absolute atomic E-state index is 0.318. The Balaban J connectivity index is 1.89. The second-order valence-corrected chi connectivity index (χ2v) is 4.95. The lowest BCUT2D eigenvalue weighted by atomic mass is 9.78. The second-order valence-electron chi connectivity index (χ2n) is 4.01. The van der Waals surface area contributed by atoms with E-state index in [-0.39, 0.29) is 0 Å². The molecule has 1 saturated carbocycles. The molecule has 74 valence electrons. The van der Waals surface area contributed by atoms with Crippen LogP contribution in [-0.2, 0) is 6.54 Å². The summed E-state index contributed by atoms with van der Waals surface area (Å²) in [6.07, 6.45) is 3.83. The lowest BCUT2D eigenvalue weighted by molar-refractivity contribution is 0.206. The van der Waals surface area contributed by atoms with Gasteiger partial charge < -0.3 is 5.32 Å². The Morgan fingerprint density at radius 3 is 3.00 bits per heavy atom. The summed E-state index contributed by atoms with van der Waals surface area (Å²) < 4.78 is 0. The van der Waals surface area contributed by atoms with E-state index in [4.69, 9.17) is 5.26 Å². The third-order valence-electron chi connectivity index (χ3n) is 2.79. The van der Waals surface area contributed by atoms with Gasteiger partial charge in [0.1, 0.15) is 11.1 Å². The van der Waals surface area contributed by atoms with Gasteiger partial charge in [-0.05, 0) is 26.2 Å². The van der Waals surface area contributed by atoms with Gasteiger partial charge in [-0.1, -0.05) is 0 Å². The average Bonchev–Trinajstić information content (AvgIpc) is 2.59. The van der Waals surface area contributed by atoms with Crippen molar-refractivity contribution in [3.63, 3.8) is 0 Å². The third kappa shape index (κ3) is 1.94. The van der Waals surface area contributed by atoms with E-state index >= 15 is 0 Å². The lowest BCUT2D eigenvalue weighted by Crippen LogP contribution is -2.47. The first-order valence-corrected chi connectivity index (χ1v) is 5.69. The van der Waals surface area contributed by atoms with Crippen molar-refractivity contribution < 1.29 is 0 Å². The number of rotatable bonds is 3. The summed E-state index contributed by atoms with van der Waals surface area (Å²) >= 11 is 1.55. The fourth-order valence-electron chi connectivity index (χ4n) is 1.62. The van der Waals surface area contributed by atoms with Crippen LogP contribution in [0.4, 0.5) is 0 Å². The minimum atomic E-state index is 0.318. The molecule has 14 heavy (non-hydrogen) atoms. The highest BCUT2D eigenvalue weighted by Crippen LogP contribution is 2.31. The molecule has 1 aliphatic rings. The predicted molar refractivity (Wildman–Crippen MR) is 55.9 cm³/mol. The van der Waals surface area contributed by atoms with E-state index in [1.54, 1.807) is 16.7 Å². The molecule has 0 unspecified atom stereocenters. The molecule has 0 aliphatic heterocycles. The normalized spacial score (nSPS) is 18.6. The smallest absolute Gasteiger partial charge is 0.151 e. The number of nitrogens with one attached hydrogen (secondary N) is 1. The summed E-state index contributed by atoms with van der Waals surface area (Å²) in [6, 6.07) is 2.04. The largest absolute Gasteiger partial charge is 0.305 e. The topological polar surface area (TPSA) is 48.7 Å². The Hall–Kier alpha value is -0.920. The van der Waals surface area contributed by atoms with Gasteiger partial charge >= 0.3 is 0 Å². The van der Waals surface area contributed by atoms with Gasteiger partial charge in [0.25, 0.3) is 0 Å². The first-order chi connectivity index (χ1) is 6.72. The Kier molecular flexibility index (Phi) is 2.53. The first-order valence-electron chi connectivity index (χ1n) is 4.81. The summed E-state index contributed by atoms with van der Waals surface area (Å²) in [5.41, 5.74) is 0.851. The molecule has 1 N–H and O–H groups in total. The van der Waals surface area contributed by atoms with Gasteiger partial charge in [-0.25, -0.2) is 4.98 Å². The third-order valence-corrected chi connectivity index (χ3v) is 3.64. The Bertz CT molecular complexity index is 360. The zero-order valence-corrected chi connectivity index (χ0v) is 9.02. The van der Waals surface area contributed by atoms with E-state index in [9.17, 15) is 0 Å². The van der Waals surface area contributed by atoms with Crippen LogP contribution < -0.4 is 5.32 Å². The number of nitriles is 1. The highest BCUT2D eigenvalue weighted by molar-refractivity contribution is 7.09. The van der Waals surface area contributed by atoms with Crippen LogP contribution in [0.1, 0.15) is 36.9 Å². The average molecular weight is 207 g/mol. The van der Waals surface area contributed by atoms with Crippen LogP contribution in [0.15, 0.2) is 5.38 Å². The molecule has 0 saturated heterocycles. The number of nitrogens with zero attached hydrogens (tertiary/aromatic N) is 2. The quantitative estimate of drug-likeness (QED) is 0.825. The molecular weight excluding hydrogens is 194 g/mol. The molecule has 1 aliphatic carbocycles. The number of thiazole rings is 1. The molecule has 0 bridgehead atoms. The molecule has 0 amide bonds. The molecule has 3 nitrogen and oxygen atoms in total. The van der Waals surface area contributed by atoms with Crippen LogP contribution >= 0.6 is 11.3 Å². The second kappa shape index (κ2) is 3.68. The van der Waals surface area contributed by atoms with Crippen molar-refractivity contribution in [1.82, 2.24) is 10.3 Å². The van der Waals surface area contributed by atoms with E-state index < -0.39 is 0 Å². The van der Waals surface area contributed by atoms with Crippen molar-refractivity contribution in [2.24, 2.45) is 0 Å². The van der Waals surface area contributed by atoms with Crippen LogP contribution in [0.25, 0.3) is 0 Å². The predicted octanol–water partition coefficient (Wildman–Crippen LogP) is 2.05. The molecule has 2 rings (SSSR count). The summed E-state index contributed by atoms with van der Waals surface area (Å²) in [7, 11) is 0. The maximum atomic E-state index is 8.61. The molecule has 4 heteroatoms. The van der Waals surface area contributed by atoms with Crippen molar-refractivity contribution in [2.45, 2.75) is 38.3 Å². The number of hydrogen-bond donors (Lipinski definition) is 1. The lowest BCUT2D eigenvalue weighted by Gasteiger charge is -2.39. The SMILES string of the molecule is CC1(NCc2nc(C#N)cs2)CCC1. The Labute approximate surface area is 87.8 Å². The fourth-order valence-corrected chi connectivity index (χ4v) is 2.28. The van der Waals surface area contributed by atoms with Gasteiger partial charge in [0, 0.05) is 17.5 Å². The van der Waals surface area contributed by atoms with Gasteiger partial charge in [0.05, 0.1) is 0 Å². The summed E-state index contributed by atoms with van der Waals surface area (Å²) in [4.78, 5) is 4.19. The molecule has 1 aromatic heterocycles. The van der Waals surface area contributed by atoms with Crippen molar-refractivity contribution >= 4 is 11.3 Å². The molecule has 1 fully saturated rings. The summed E-state index contributed by atoms with van der Waals surface area (Å²) in [5, 5.41) is 14.9. The van der Waals surface area contributed by atoms with Crippen molar-refractivity contribution in [2.75, 3.05) is 0 Å². The van der Waals surface area contributed by atoms with Gasteiger partial charge in [0.2, 0.25) is 0 Å². The zero-order valence-electron chi connectivity index (χ0n) is 8.21. The van der Waals surface area contributed by atoms with Crippen LogP contribution in [-0.4, -0.2) is 10.5 Å². The van der Waals surface area contributed by atoms with Gasteiger partial charge in [-0.2, -0.15) is 5.26 Å². The van der Waals surface area contributed by atoms with Crippen LogP contribution in [0.5, 0.6) is 0 Å². The molecule has 0 atom stereocenters. The molecular formula is C10H13N3S. The first kappa shape index (κ1) is 9.63. The van der Waals surface area contributed by atoms with Crippen molar-refractivity contribution in [1.29, 1.82) is 5.26 Å². The van der Waals surface area contributed by atoms with Gasteiger partial charge in [-0.15, -0.1) is 11.3 Å². The van der Waals surface area contributed by atoms with Crippen molar-refractivity contribution in [3.8, 4) is 6.07 Å². The molecule has 1 aromatic rings. The van der Waals surface area contributed by atoms with Crippen molar-refractivity contribution in [3.05, 3.63) is 16.1 Å². The Morgan fingerprint density at radius 2 is 2.50 bits per heavy atom. The number of aromatic nitrogens is 1. The van der Waals surface area contributed by atoms with E-state index in [0.717, 1.165) is 11.6 Å². The van der Waals surface area contributed by atoms with Crippen LogP contribution in [0.3, 0.4) is 0 Å². The minimum Gasteiger partial charge on any atom is -0.305 e. The summed E-state index contributed by atoms with van der Waals surface area (Å²) in [5.74, 6) is 0. The highest BCUT2D eigenvalue weighted by atomic mass is 32.1. The van der Waals surface area contributed by atoms with E-state index in [2.05, 4.69) is 17.2 Å². The fraction of sp³-hybridized carbons (Fsp3) is 0.600. The van der Waals surface area contributed by atoms with Gasteiger partial charge in [0.15, 0.2) is 5.69 Å². The van der Waals surface area contributed by atoms with Crippen LogP contribution in [0.2, 0.25) is 0 Å². The molecule has 0 aromatic carbocycles. The molecule has 0 radical (unpaired) electrons. The van der Waals surface area contributed by atoms with Crippen LogP contribution in [0, 0.1) is 11.3 Å². The van der Waals surface area contributed by atoms with Gasteiger partial charge in [-0.3, -0.25) is 0 Å². The van der Waals surface area contributed by atoms with E-state index in [1.165, 1.54) is 19.3 Å². The zero-order chi connectivity index (χ0) is 10.0. The summed E-state index contributed by atoms with van der Waals surface area (Å²) in [6.45, 7) is 3.04. The number of hydrogen-bond acceptors (Lipinski definition) is 4. The van der Waals surface area contributed by atoms with E-state index in [0.29, 0.717) is 11.2 Å². The Morgan fingerprint density at radius 1 is 1.71 bits per heavy atom.